The van der Waals surface area contributed by atoms with Crippen LogP contribution < -0.4 is 16.4 Å². The molecule has 0 atom stereocenters. The number of rotatable bonds is 6. The summed E-state index contributed by atoms with van der Waals surface area (Å²) in [5.41, 5.74) is 26.6. The molecule has 7 aromatic rings. The Morgan fingerprint density at radius 3 is 1.10 bits per heavy atom. The van der Waals surface area contributed by atoms with Crippen molar-refractivity contribution in [3.05, 3.63) is 205 Å². The average Bonchev–Trinajstić information content (AvgIpc) is 3.17. The predicted molar refractivity (Wildman–Crippen MR) is 222 cm³/mol. The summed E-state index contributed by atoms with van der Waals surface area (Å²) in [6.07, 6.45) is 2.10. The third kappa shape index (κ3) is 10.1. The number of anilines is 4. The molecule has 0 aliphatic heterocycles. The minimum atomic E-state index is 0.755. The van der Waals surface area contributed by atoms with Crippen molar-refractivity contribution >= 4 is 22.7 Å². The minimum Gasteiger partial charge on any atom is -0.399 e. The number of hydrogen-bond donors (Lipinski definition) is 2. The van der Waals surface area contributed by atoms with Crippen LogP contribution in [0.2, 0.25) is 0 Å². The number of hydrogen-bond acceptors (Lipinski definition) is 3. The van der Waals surface area contributed by atoms with Gasteiger partial charge in [0.25, 0.3) is 0 Å². The quantitative estimate of drug-likeness (QED) is 0.174. The second kappa shape index (κ2) is 17.9. The maximum atomic E-state index is 6.30. The van der Waals surface area contributed by atoms with Crippen molar-refractivity contribution in [2.45, 2.75) is 27.7 Å². The van der Waals surface area contributed by atoms with Crippen LogP contribution in [0.5, 0.6) is 0 Å². The Kier molecular flexibility index (Phi) is 12.6. The Morgan fingerprint density at radius 1 is 0.431 bits per heavy atom. The van der Waals surface area contributed by atoms with Crippen LogP contribution in [0, 0.1) is 13.8 Å². The van der Waals surface area contributed by atoms with E-state index in [1.165, 1.54) is 38.9 Å². The Labute approximate surface area is 304 Å². The smallest absolute Gasteiger partial charge is 0.0687 e. The average molecular weight is 666 g/mol. The van der Waals surface area contributed by atoms with Gasteiger partial charge in [0, 0.05) is 17.1 Å². The molecular weight excluding hydrogens is 619 g/mol. The zero-order chi connectivity index (χ0) is 36.0. The molecule has 0 saturated carbocycles. The highest BCUT2D eigenvalue weighted by Gasteiger charge is 2.14. The third-order valence-corrected chi connectivity index (χ3v) is 8.64. The molecule has 0 aliphatic rings. The van der Waals surface area contributed by atoms with Crippen molar-refractivity contribution < 1.29 is 0 Å². The van der Waals surface area contributed by atoms with Crippen molar-refractivity contribution in [3.63, 3.8) is 0 Å². The molecule has 7 rings (SSSR count). The highest BCUT2D eigenvalue weighted by molar-refractivity contribution is 5.80. The highest BCUT2D eigenvalue weighted by Crippen LogP contribution is 2.35. The first-order valence-electron chi connectivity index (χ1n) is 17.3. The second-order valence-electron chi connectivity index (χ2n) is 12.5. The molecule has 7 aromatic carbocycles. The fourth-order valence-electron chi connectivity index (χ4n) is 5.61. The van der Waals surface area contributed by atoms with E-state index >= 15 is 0 Å². The van der Waals surface area contributed by atoms with E-state index in [1.807, 2.05) is 73.7 Å². The number of allylic oxidation sites excluding steroid dienone is 2. The SMILES string of the molecule is C/C=C(\C)N(c1ccc(-c2ccc(-c3ccc(-c4ccc(N)cc4)cc3)cc2)cc1)c1ccccc1N.Cc1ccccc1.Cc1ccccc1. The molecule has 0 saturated heterocycles. The van der Waals surface area contributed by atoms with E-state index in [2.05, 4.69) is 147 Å². The second-order valence-corrected chi connectivity index (χ2v) is 12.5. The Bertz CT molecular complexity index is 2060. The van der Waals surface area contributed by atoms with Crippen molar-refractivity contribution in [1.29, 1.82) is 0 Å². The van der Waals surface area contributed by atoms with Gasteiger partial charge in [-0.05, 0) is 97.5 Å². The fourth-order valence-corrected chi connectivity index (χ4v) is 5.61. The lowest BCUT2D eigenvalue weighted by Crippen LogP contribution is -2.15. The number of nitrogens with zero attached hydrogens (tertiary/aromatic N) is 1. The van der Waals surface area contributed by atoms with Crippen LogP contribution >= 0.6 is 0 Å². The third-order valence-electron chi connectivity index (χ3n) is 8.64. The summed E-state index contributed by atoms with van der Waals surface area (Å²) in [5.74, 6) is 0. The van der Waals surface area contributed by atoms with Crippen LogP contribution in [-0.2, 0) is 0 Å². The van der Waals surface area contributed by atoms with E-state index in [0.29, 0.717) is 0 Å². The van der Waals surface area contributed by atoms with Gasteiger partial charge in [0.1, 0.15) is 0 Å². The Hall–Kier alpha value is -6.32. The summed E-state index contributed by atoms with van der Waals surface area (Å²) < 4.78 is 0. The summed E-state index contributed by atoms with van der Waals surface area (Å²) in [5, 5.41) is 0. The molecule has 0 amide bonds. The first-order valence-corrected chi connectivity index (χ1v) is 17.3. The molecule has 0 aliphatic carbocycles. The molecule has 0 heterocycles. The summed E-state index contributed by atoms with van der Waals surface area (Å²) >= 11 is 0. The van der Waals surface area contributed by atoms with Crippen LogP contribution in [0.3, 0.4) is 0 Å². The van der Waals surface area contributed by atoms with Crippen LogP contribution in [0.4, 0.5) is 22.7 Å². The summed E-state index contributed by atoms with van der Waals surface area (Å²) in [7, 11) is 0. The van der Waals surface area contributed by atoms with Crippen LogP contribution in [-0.4, -0.2) is 0 Å². The van der Waals surface area contributed by atoms with Crippen LogP contribution in [0.15, 0.2) is 194 Å². The highest BCUT2D eigenvalue weighted by atomic mass is 15.2. The largest absolute Gasteiger partial charge is 0.399 e. The van der Waals surface area contributed by atoms with Gasteiger partial charge in [0.2, 0.25) is 0 Å². The van der Waals surface area contributed by atoms with Crippen molar-refractivity contribution in [2.75, 3.05) is 16.4 Å². The van der Waals surface area contributed by atoms with Crippen LogP contribution in [0.25, 0.3) is 33.4 Å². The molecule has 0 aromatic heterocycles. The van der Waals surface area contributed by atoms with Gasteiger partial charge < -0.3 is 16.4 Å². The topological polar surface area (TPSA) is 55.3 Å². The molecule has 0 radical (unpaired) electrons. The van der Waals surface area contributed by atoms with Gasteiger partial charge in [-0.15, -0.1) is 0 Å². The van der Waals surface area contributed by atoms with E-state index in [9.17, 15) is 0 Å². The Morgan fingerprint density at radius 2 is 0.765 bits per heavy atom. The molecule has 0 fully saturated rings. The lowest BCUT2D eigenvalue weighted by molar-refractivity contribution is 1.15. The maximum Gasteiger partial charge on any atom is 0.0687 e. The van der Waals surface area contributed by atoms with Gasteiger partial charge in [0.15, 0.2) is 0 Å². The lowest BCUT2D eigenvalue weighted by atomic mass is 9.98. The van der Waals surface area contributed by atoms with E-state index < -0.39 is 0 Å². The lowest BCUT2D eigenvalue weighted by Gasteiger charge is -2.27. The van der Waals surface area contributed by atoms with E-state index in [-0.39, 0.29) is 0 Å². The van der Waals surface area contributed by atoms with E-state index in [0.717, 1.165) is 34.0 Å². The number of aryl methyl sites for hydroxylation is 2. The first-order chi connectivity index (χ1) is 24.8. The molecule has 3 nitrogen and oxygen atoms in total. The predicted octanol–water partition coefficient (Wildman–Crippen LogP) is 12.9. The first kappa shape index (κ1) is 36.0. The number of nitrogens with two attached hydrogens (primary N) is 2. The van der Waals surface area contributed by atoms with Gasteiger partial charge in [-0.2, -0.15) is 0 Å². The van der Waals surface area contributed by atoms with E-state index in [4.69, 9.17) is 11.5 Å². The number of nitrogen functional groups attached to an aromatic ring is 2. The van der Waals surface area contributed by atoms with Gasteiger partial charge in [-0.3, -0.25) is 0 Å². The molecule has 254 valence electrons. The molecular formula is C48H47N3. The van der Waals surface area contributed by atoms with Crippen molar-refractivity contribution in [3.8, 4) is 33.4 Å². The molecule has 0 bridgehead atoms. The summed E-state index contributed by atoms with van der Waals surface area (Å²) in [6.45, 7) is 8.31. The van der Waals surface area contributed by atoms with Crippen LogP contribution in [0.1, 0.15) is 25.0 Å². The molecule has 51 heavy (non-hydrogen) atoms. The maximum absolute atomic E-state index is 6.30. The number of benzene rings is 7. The molecule has 4 N–H and O–H groups in total. The van der Waals surface area contributed by atoms with Crippen molar-refractivity contribution in [1.82, 2.24) is 0 Å². The minimum absolute atomic E-state index is 0.755. The fraction of sp³-hybridized carbons (Fsp3) is 0.0833. The zero-order valence-corrected chi connectivity index (χ0v) is 30.0. The number of para-hydroxylation sites is 2. The van der Waals surface area contributed by atoms with Gasteiger partial charge in [-0.25, -0.2) is 0 Å². The summed E-state index contributed by atoms with van der Waals surface area (Å²) in [4.78, 5) is 2.19. The molecule has 0 spiro atoms. The van der Waals surface area contributed by atoms with Gasteiger partial charge >= 0.3 is 0 Å². The zero-order valence-electron chi connectivity index (χ0n) is 30.0. The van der Waals surface area contributed by atoms with Crippen molar-refractivity contribution in [2.24, 2.45) is 0 Å². The van der Waals surface area contributed by atoms with Gasteiger partial charge in [-0.1, -0.05) is 163 Å². The monoisotopic (exact) mass is 665 g/mol. The summed E-state index contributed by atoms with van der Waals surface area (Å²) in [6, 6.07) is 62.5. The normalized spacial score (nSPS) is 10.6. The van der Waals surface area contributed by atoms with Gasteiger partial charge in [0.05, 0.1) is 11.4 Å². The molecule has 0 unspecified atom stereocenters. The van der Waals surface area contributed by atoms with E-state index in [1.54, 1.807) is 0 Å². The Balaban J connectivity index is 0.000000298. The standard InChI is InChI=1S/C34H31N3.2C7H8/c1-3-24(2)37(34-7-5-4-6-33(34)36)32-22-18-30(19-23-32)28-14-10-26(11-15-28)25-8-12-27(13-9-25)29-16-20-31(35)21-17-29;2*1-7-5-3-2-4-6-7/h3-23H,35-36H2,1-2H3;2*2-6H,1H3/b24-3+;;. The molecule has 3 heteroatoms.